The molecule has 1 fully saturated rings. The van der Waals surface area contributed by atoms with Crippen molar-refractivity contribution in [3.05, 3.63) is 12.7 Å². The van der Waals surface area contributed by atoms with Gasteiger partial charge < -0.3 is 56.0 Å². The maximum absolute atomic E-state index is 12.7. The maximum Gasteiger partial charge on any atom is 0.481 e. The Bertz CT molecular complexity index is 1800. The fraction of sp³-hybridized carbons (Fsp3) is 0.692. The number of nitrogens with zero attached hydrogens (tertiary/aromatic N) is 4. The quantitative estimate of drug-likeness (QED) is 0.0492. The van der Waals surface area contributed by atoms with Gasteiger partial charge in [-0.05, 0) is 6.42 Å². The molecule has 0 bridgehead atoms. The van der Waals surface area contributed by atoms with E-state index >= 15 is 0 Å². The monoisotopic (exact) mass is 867 g/mol. The molecule has 0 saturated carbocycles. The molecule has 0 spiro atoms. The second kappa shape index (κ2) is 19.8. The number of hydrogen-bond acceptors (Lipinski definition) is 19. The van der Waals surface area contributed by atoms with Gasteiger partial charge in [0.1, 0.15) is 36.3 Å². The Labute approximate surface area is 317 Å². The van der Waals surface area contributed by atoms with Gasteiger partial charge in [0, 0.05) is 37.1 Å². The number of ether oxygens (including phenoxy) is 1. The number of imidazole rings is 1. The summed E-state index contributed by atoms with van der Waals surface area (Å²) in [5.74, 6) is -1.25. The number of thioether (sulfide) groups is 1. The average Bonchev–Trinajstić information content (AvgIpc) is 3.64. The van der Waals surface area contributed by atoms with E-state index in [9.17, 15) is 63.0 Å². The number of fused-ring (bicyclic) bond motifs is 1. The van der Waals surface area contributed by atoms with Gasteiger partial charge in [-0.2, -0.15) is 4.31 Å². The second-order valence-electron chi connectivity index (χ2n) is 12.6. The summed E-state index contributed by atoms with van der Waals surface area (Å²) in [6.07, 6.45) is -7.28. The first-order chi connectivity index (χ1) is 25.4. The maximum atomic E-state index is 12.7. The molecule has 0 aliphatic carbocycles. The van der Waals surface area contributed by atoms with Crippen LogP contribution in [0.5, 0.6) is 0 Å². The van der Waals surface area contributed by atoms with E-state index < -0.39 is 90.7 Å². The lowest BCUT2D eigenvalue weighted by atomic mass is 9.87. The van der Waals surface area contributed by atoms with Crippen LogP contribution in [0.3, 0.4) is 0 Å². The summed E-state index contributed by atoms with van der Waals surface area (Å²) < 4.78 is 62.0. The Morgan fingerprint density at radius 1 is 1.05 bits per heavy atom. The van der Waals surface area contributed by atoms with Gasteiger partial charge in [-0.3, -0.25) is 32.5 Å². The Hall–Kier alpha value is -2.48. The minimum Gasteiger partial charge on any atom is -0.393 e. The minimum absolute atomic E-state index is 0.00298. The van der Waals surface area contributed by atoms with Crippen LogP contribution in [-0.2, 0) is 50.7 Å². The van der Waals surface area contributed by atoms with Crippen LogP contribution in [0, 0.1) is 5.41 Å². The van der Waals surface area contributed by atoms with Gasteiger partial charge in [-0.1, -0.05) is 32.5 Å². The number of phosphoric ester groups is 3. The van der Waals surface area contributed by atoms with Gasteiger partial charge >= 0.3 is 23.5 Å². The van der Waals surface area contributed by atoms with Crippen molar-refractivity contribution in [1.82, 2.24) is 30.2 Å². The zero-order valence-corrected chi connectivity index (χ0v) is 33.0. The predicted molar refractivity (Wildman–Crippen MR) is 188 cm³/mol. The summed E-state index contributed by atoms with van der Waals surface area (Å²) in [5.41, 5.74) is 4.23. The van der Waals surface area contributed by atoms with Crippen LogP contribution in [0.15, 0.2) is 12.7 Å². The number of aliphatic hydroxyl groups is 3. The van der Waals surface area contributed by atoms with Crippen molar-refractivity contribution in [2.24, 2.45) is 5.41 Å². The zero-order valence-electron chi connectivity index (χ0n) is 29.5. The molecular formula is C26H44N7O18P3S. The number of carbonyl (C=O) groups excluding carboxylic acids is 3. The van der Waals surface area contributed by atoms with Gasteiger partial charge in [0.15, 0.2) is 22.8 Å². The first-order valence-corrected chi connectivity index (χ1v) is 21.7. The van der Waals surface area contributed by atoms with Crippen molar-refractivity contribution in [3.63, 3.8) is 0 Å². The predicted octanol–water partition coefficient (Wildman–Crippen LogP) is -1.17. The number of anilines is 1. The fourth-order valence-corrected chi connectivity index (χ4v) is 8.26. The third kappa shape index (κ3) is 14.4. The number of amides is 2. The van der Waals surface area contributed by atoms with Crippen molar-refractivity contribution in [1.29, 1.82) is 0 Å². The van der Waals surface area contributed by atoms with Gasteiger partial charge in [-0.15, -0.1) is 0 Å². The summed E-state index contributed by atoms with van der Waals surface area (Å²) in [6, 6.07) is 0. The van der Waals surface area contributed by atoms with E-state index in [2.05, 4.69) is 34.4 Å². The second-order valence-corrected chi connectivity index (χ2v) is 17.9. The largest absolute Gasteiger partial charge is 0.481 e. The Morgan fingerprint density at radius 3 is 2.38 bits per heavy atom. The first kappa shape index (κ1) is 46.9. The van der Waals surface area contributed by atoms with Gasteiger partial charge in [0.05, 0.1) is 25.6 Å². The SMILES string of the molecule is CCC(O)CC(=O)SCCNC(=O)CCNC(=O)[C@H](O)C(C)(C)COP(=O)(O)OP(=O)(O)OC[C@H]1O[C@H](n2cnc3c(N)ncnc32)[C@H](O)[C@@H]1OP(=O)(O)O. The summed E-state index contributed by atoms with van der Waals surface area (Å²) in [4.78, 5) is 87.1. The van der Waals surface area contributed by atoms with E-state index in [0.29, 0.717) is 6.42 Å². The minimum atomic E-state index is -5.57. The molecule has 25 nitrogen and oxygen atoms in total. The number of aromatic nitrogens is 4. The highest BCUT2D eigenvalue weighted by Gasteiger charge is 2.50. The summed E-state index contributed by atoms with van der Waals surface area (Å²) in [5, 5.41) is 35.5. The number of nitrogen functional groups attached to an aromatic ring is 1. The molecule has 2 aromatic rings. The molecule has 11 N–H and O–H groups in total. The molecule has 0 radical (unpaired) electrons. The average molecular weight is 868 g/mol. The van der Waals surface area contributed by atoms with Crippen molar-refractivity contribution in [2.45, 2.75) is 76.8 Å². The highest BCUT2D eigenvalue weighted by molar-refractivity contribution is 8.13. The van der Waals surface area contributed by atoms with Crippen LogP contribution in [0.1, 0.15) is 46.3 Å². The number of nitrogens with one attached hydrogen (secondary N) is 2. The molecular weight excluding hydrogens is 823 g/mol. The molecule has 1 saturated heterocycles. The highest BCUT2D eigenvalue weighted by Crippen LogP contribution is 2.61. The number of rotatable bonds is 22. The Balaban J connectivity index is 1.49. The standard InChI is InChI=1S/C26H44N7O18P3S/c1-4-14(34)9-17(36)55-8-7-28-16(35)5-6-29-24(39)21(38)26(2,3)11-48-54(45,46)51-53(43,44)47-10-15-20(50-52(40,41)42)19(37)25(49-15)33-13-32-18-22(27)30-12-31-23(18)33/h12-15,19-21,25,34,37-38H,4-11H2,1-3H3,(H,28,35)(H,29,39)(H,43,44)(H,45,46)(H2,27,30,31)(H2,40,41,42)/t14?,15-,19-,20-,21+,25+/m1/s1. The first-order valence-electron chi connectivity index (χ1n) is 16.2. The van der Waals surface area contributed by atoms with Crippen molar-refractivity contribution >= 4 is 69.1 Å². The number of hydrogen-bond donors (Lipinski definition) is 10. The third-order valence-electron chi connectivity index (χ3n) is 7.64. The van der Waals surface area contributed by atoms with Crippen LogP contribution < -0.4 is 16.4 Å². The lowest BCUT2D eigenvalue weighted by Gasteiger charge is -2.30. The van der Waals surface area contributed by atoms with Crippen LogP contribution in [0.2, 0.25) is 0 Å². The number of aliphatic hydroxyl groups excluding tert-OH is 3. The van der Waals surface area contributed by atoms with E-state index in [-0.39, 0.29) is 53.8 Å². The van der Waals surface area contributed by atoms with E-state index in [1.165, 1.54) is 13.8 Å². The molecule has 0 aromatic carbocycles. The van der Waals surface area contributed by atoms with Gasteiger partial charge in [0.25, 0.3) is 0 Å². The topological polar surface area (TPSA) is 384 Å². The molecule has 312 valence electrons. The summed E-state index contributed by atoms with van der Waals surface area (Å²) >= 11 is 0.954. The fourth-order valence-electron chi connectivity index (χ4n) is 4.69. The Morgan fingerprint density at radius 2 is 1.73 bits per heavy atom. The number of phosphoric acid groups is 3. The summed E-state index contributed by atoms with van der Waals surface area (Å²) in [7, 11) is -16.4. The normalized spacial score (nSPS) is 22.4. The number of carbonyl (C=O) groups is 3. The molecule has 29 heteroatoms. The molecule has 1 aliphatic heterocycles. The van der Waals surface area contributed by atoms with E-state index in [1.54, 1.807) is 6.92 Å². The lowest BCUT2D eigenvalue weighted by Crippen LogP contribution is -2.46. The van der Waals surface area contributed by atoms with Crippen molar-refractivity contribution in [3.8, 4) is 0 Å². The molecule has 3 rings (SSSR count). The molecule has 1 aliphatic rings. The van der Waals surface area contributed by atoms with Crippen molar-refractivity contribution in [2.75, 3.05) is 37.8 Å². The summed E-state index contributed by atoms with van der Waals surface area (Å²) in [6.45, 7) is 2.11. The van der Waals surface area contributed by atoms with E-state index in [0.717, 1.165) is 29.0 Å². The zero-order chi connectivity index (χ0) is 41.4. The van der Waals surface area contributed by atoms with E-state index in [1.807, 2.05) is 0 Å². The lowest BCUT2D eigenvalue weighted by molar-refractivity contribution is -0.137. The van der Waals surface area contributed by atoms with Gasteiger partial charge in [0.2, 0.25) is 11.8 Å². The molecule has 8 atom stereocenters. The van der Waals surface area contributed by atoms with Crippen LogP contribution in [0.25, 0.3) is 11.2 Å². The molecule has 3 heterocycles. The number of nitrogens with two attached hydrogens (primary N) is 1. The smallest absolute Gasteiger partial charge is 0.393 e. The van der Waals surface area contributed by atoms with Crippen LogP contribution in [-0.4, -0.2) is 134 Å². The third-order valence-corrected chi connectivity index (χ3v) is 11.6. The van der Waals surface area contributed by atoms with Gasteiger partial charge in [-0.25, -0.2) is 28.6 Å². The van der Waals surface area contributed by atoms with E-state index in [4.69, 9.17) is 19.5 Å². The molecule has 55 heavy (non-hydrogen) atoms. The molecule has 2 amide bonds. The molecule has 3 unspecified atom stereocenters. The van der Waals surface area contributed by atoms with Crippen molar-refractivity contribution < 1.29 is 85.6 Å². The van der Waals surface area contributed by atoms with Crippen LogP contribution in [0.4, 0.5) is 5.82 Å². The van der Waals surface area contributed by atoms with Crippen LogP contribution >= 0.6 is 35.2 Å². The molecule has 2 aromatic heterocycles. The highest BCUT2D eigenvalue weighted by atomic mass is 32.2. The Kier molecular flexibility index (Phi) is 16.9.